The summed E-state index contributed by atoms with van der Waals surface area (Å²) in [7, 11) is 0. The SMILES string of the molecule is C[C@H](Sc1nnc([C@@H](C)Oc2ccc(F)cc2)o1)C(=O)NC(=O)NC1CCCC1. The van der Waals surface area contributed by atoms with E-state index in [1.807, 2.05) is 0 Å². The number of benzene rings is 1. The Kier molecular flexibility index (Phi) is 7.08. The molecule has 10 heteroatoms. The summed E-state index contributed by atoms with van der Waals surface area (Å²) in [5.41, 5.74) is 0. The molecule has 1 fully saturated rings. The summed E-state index contributed by atoms with van der Waals surface area (Å²) in [5, 5.41) is 12.6. The van der Waals surface area contributed by atoms with Gasteiger partial charge in [-0.25, -0.2) is 9.18 Å². The third kappa shape index (κ3) is 6.18. The molecule has 1 aromatic carbocycles. The summed E-state index contributed by atoms with van der Waals surface area (Å²) in [4.78, 5) is 24.1. The maximum atomic E-state index is 13.0. The zero-order chi connectivity index (χ0) is 20.8. The minimum atomic E-state index is -0.606. The highest BCUT2D eigenvalue weighted by atomic mass is 32.2. The van der Waals surface area contributed by atoms with E-state index in [1.165, 1.54) is 24.3 Å². The van der Waals surface area contributed by atoms with Crippen molar-refractivity contribution < 1.29 is 23.1 Å². The lowest BCUT2D eigenvalue weighted by Crippen LogP contribution is -2.45. The van der Waals surface area contributed by atoms with Crippen LogP contribution in [-0.4, -0.2) is 33.4 Å². The van der Waals surface area contributed by atoms with Gasteiger partial charge in [0.05, 0.1) is 5.25 Å². The molecule has 2 atom stereocenters. The normalized spacial score (nSPS) is 16.2. The van der Waals surface area contributed by atoms with Crippen LogP contribution in [0.25, 0.3) is 0 Å². The van der Waals surface area contributed by atoms with E-state index in [9.17, 15) is 14.0 Å². The second-order valence-corrected chi connectivity index (χ2v) is 8.12. The first-order valence-electron chi connectivity index (χ1n) is 9.44. The average Bonchev–Trinajstić information content (AvgIpc) is 3.35. The van der Waals surface area contributed by atoms with E-state index in [1.54, 1.807) is 13.8 Å². The molecule has 0 radical (unpaired) electrons. The van der Waals surface area contributed by atoms with Gasteiger partial charge in [-0.1, -0.05) is 24.6 Å². The number of imide groups is 1. The number of ether oxygens (including phenoxy) is 1. The van der Waals surface area contributed by atoms with Crippen molar-refractivity contribution in [2.45, 2.75) is 62.1 Å². The van der Waals surface area contributed by atoms with Gasteiger partial charge < -0.3 is 14.5 Å². The van der Waals surface area contributed by atoms with Crippen LogP contribution in [0.15, 0.2) is 33.9 Å². The molecular weight excluding hydrogens is 399 g/mol. The maximum Gasteiger partial charge on any atom is 0.321 e. The van der Waals surface area contributed by atoms with E-state index in [0.29, 0.717) is 5.75 Å². The number of halogens is 1. The second kappa shape index (κ2) is 9.73. The minimum absolute atomic E-state index is 0.131. The number of urea groups is 1. The molecule has 29 heavy (non-hydrogen) atoms. The van der Waals surface area contributed by atoms with Gasteiger partial charge in [-0.2, -0.15) is 0 Å². The number of thioether (sulfide) groups is 1. The van der Waals surface area contributed by atoms with Crippen LogP contribution in [0.4, 0.5) is 9.18 Å². The molecule has 0 aliphatic heterocycles. The molecule has 3 rings (SSSR count). The van der Waals surface area contributed by atoms with Gasteiger partial charge in [-0.05, 0) is 51.0 Å². The Morgan fingerprint density at radius 3 is 2.59 bits per heavy atom. The van der Waals surface area contributed by atoms with Crippen molar-refractivity contribution in [1.29, 1.82) is 0 Å². The zero-order valence-corrected chi connectivity index (χ0v) is 17.0. The fourth-order valence-electron chi connectivity index (χ4n) is 2.91. The van der Waals surface area contributed by atoms with E-state index in [2.05, 4.69) is 20.8 Å². The quantitative estimate of drug-likeness (QED) is 0.657. The molecule has 1 aliphatic carbocycles. The molecule has 156 valence electrons. The lowest BCUT2D eigenvalue weighted by Gasteiger charge is -2.14. The second-order valence-electron chi connectivity index (χ2n) is 6.82. The average molecular weight is 422 g/mol. The standard InChI is InChI=1S/C19H23FN4O4S/c1-11(27-15-9-7-13(20)8-10-15)17-23-24-19(28-17)29-12(2)16(25)22-18(26)21-14-5-3-4-6-14/h7-12,14H,3-6H2,1-2H3,(H2,21,22,25,26)/t11-,12+/m1/s1. The topological polar surface area (TPSA) is 106 Å². The minimum Gasteiger partial charge on any atom is -0.481 e. The fraction of sp³-hybridized carbons (Fsp3) is 0.474. The molecule has 2 N–H and O–H groups in total. The molecule has 0 spiro atoms. The zero-order valence-electron chi connectivity index (χ0n) is 16.2. The number of rotatable bonds is 7. The van der Waals surface area contributed by atoms with E-state index >= 15 is 0 Å². The maximum absolute atomic E-state index is 13.0. The first kappa shape index (κ1) is 21.1. The number of aromatic nitrogens is 2. The summed E-state index contributed by atoms with van der Waals surface area (Å²) >= 11 is 1.05. The summed E-state index contributed by atoms with van der Waals surface area (Å²) in [6.45, 7) is 3.36. The van der Waals surface area contributed by atoms with Crippen LogP contribution in [0.5, 0.6) is 5.75 Å². The third-order valence-corrected chi connectivity index (χ3v) is 5.40. The predicted octanol–water partition coefficient (Wildman–Crippen LogP) is 3.60. The highest BCUT2D eigenvalue weighted by molar-refractivity contribution is 8.00. The molecule has 1 saturated carbocycles. The summed E-state index contributed by atoms with van der Waals surface area (Å²) in [6.07, 6.45) is 3.51. The van der Waals surface area contributed by atoms with Crippen molar-refractivity contribution in [2.75, 3.05) is 0 Å². The number of carbonyl (C=O) groups is 2. The molecule has 3 amide bonds. The summed E-state index contributed by atoms with van der Waals surface area (Å²) in [6, 6.07) is 5.23. The van der Waals surface area contributed by atoms with E-state index in [0.717, 1.165) is 37.4 Å². The number of hydrogen-bond acceptors (Lipinski definition) is 7. The first-order valence-corrected chi connectivity index (χ1v) is 10.3. The monoisotopic (exact) mass is 422 g/mol. The number of hydrogen-bond donors (Lipinski definition) is 2. The van der Waals surface area contributed by atoms with E-state index < -0.39 is 23.3 Å². The number of carbonyl (C=O) groups excluding carboxylic acids is 2. The number of nitrogens with one attached hydrogen (secondary N) is 2. The molecule has 1 aliphatic rings. The Balaban J connectivity index is 1.48. The molecular formula is C19H23FN4O4S. The Labute approximate surface area is 172 Å². The number of nitrogens with zero attached hydrogens (tertiary/aromatic N) is 2. The number of amides is 3. The van der Waals surface area contributed by atoms with Gasteiger partial charge in [-0.3, -0.25) is 10.1 Å². The van der Waals surface area contributed by atoms with Crippen molar-refractivity contribution >= 4 is 23.7 Å². The van der Waals surface area contributed by atoms with E-state index in [4.69, 9.17) is 9.15 Å². The molecule has 0 saturated heterocycles. The molecule has 0 unspecified atom stereocenters. The van der Waals surface area contributed by atoms with Crippen LogP contribution in [0, 0.1) is 5.82 Å². The van der Waals surface area contributed by atoms with Crippen LogP contribution in [0.1, 0.15) is 51.5 Å². The van der Waals surface area contributed by atoms with Crippen LogP contribution < -0.4 is 15.4 Å². The highest BCUT2D eigenvalue weighted by Crippen LogP contribution is 2.26. The smallest absolute Gasteiger partial charge is 0.321 e. The van der Waals surface area contributed by atoms with Gasteiger partial charge in [0.2, 0.25) is 5.91 Å². The van der Waals surface area contributed by atoms with E-state index in [-0.39, 0.29) is 23.0 Å². The predicted molar refractivity (Wildman–Crippen MR) is 104 cm³/mol. The van der Waals surface area contributed by atoms with Gasteiger partial charge in [0, 0.05) is 6.04 Å². The van der Waals surface area contributed by atoms with Crippen LogP contribution >= 0.6 is 11.8 Å². The van der Waals surface area contributed by atoms with Gasteiger partial charge in [0.1, 0.15) is 11.6 Å². The highest BCUT2D eigenvalue weighted by Gasteiger charge is 2.23. The van der Waals surface area contributed by atoms with Gasteiger partial charge in [0.25, 0.3) is 11.1 Å². The van der Waals surface area contributed by atoms with Crippen molar-refractivity contribution in [3.63, 3.8) is 0 Å². The van der Waals surface area contributed by atoms with Crippen molar-refractivity contribution in [1.82, 2.24) is 20.8 Å². The first-order chi connectivity index (χ1) is 13.9. The molecule has 2 aromatic rings. The van der Waals surface area contributed by atoms with Crippen LogP contribution in [0.3, 0.4) is 0 Å². The molecule has 1 aromatic heterocycles. The van der Waals surface area contributed by atoms with Crippen LogP contribution in [-0.2, 0) is 4.79 Å². The third-order valence-electron chi connectivity index (χ3n) is 4.47. The largest absolute Gasteiger partial charge is 0.481 e. The molecule has 0 bridgehead atoms. The van der Waals surface area contributed by atoms with Crippen LogP contribution in [0.2, 0.25) is 0 Å². The lowest BCUT2D eigenvalue weighted by molar-refractivity contribution is -0.119. The fourth-order valence-corrected chi connectivity index (χ4v) is 3.60. The van der Waals surface area contributed by atoms with Crippen molar-refractivity contribution in [2.24, 2.45) is 0 Å². The summed E-state index contributed by atoms with van der Waals surface area (Å²) < 4.78 is 24.1. The van der Waals surface area contributed by atoms with Gasteiger partial charge in [-0.15, -0.1) is 10.2 Å². The molecule has 1 heterocycles. The Bertz CT molecular complexity index is 839. The Morgan fingerprint density at radius 1 is 1.21 bits per heavy atom. The molecule has 8 nitrogen and oxygen atoms in total. The Hall–Kier alpha value is -2.62. The van der Waals surface area contributed by atoms with Crippen molar-refractivity contribution in [3.8, 4) is 5.75 Å². The van der Waals surface area contributed by atoms with Gasteiger partial charge in [0.15, 0.2) is 6.10 Å². The van der Waals surface area contributed by atoms with Crippen molar-refractivity contribution in [3.05, 3.63) is 36.0 Å². The Morgan fingerprint density at radius 2 is 1.90 bits per heavy atom. The lowest BCUT2D eigenvalue weighted by atomic mass is 10.2. The van der Waals surface area contributed by atoms with Gasteiger partial charge >= 0.3 is 6.03 Å². The summed E-state index contributed by atoms with van der Waals surface area (Å²) in [5.74, 6) is -0.109.